The minimum absolute atomic E-state index is 0.0292. The number of ether oxygens (including phenoxy) is 1. The molecule has 0 aromatic heterocycles. The molecular weight excluding hydrogens is 310 g/mol. The van der Waals surface area contributed by atoms with E-state index in [0.717, 1.165) is 0 Å². The molecule has 0 atom stereocenters. The summed E-state index contributed by atoms with van der Waals surface area (Å²) in [5.41, 5.74) is -0.580. The first-order chi connectivity index (χ1) is 11.3. The molecule has 0 aromatic carbocycles. The van der Waals surface area contributed by atoms with E-state index >= 15 is 0 Å². The molecule has 0 spiro atoms. The largest absolute Gasteiger partial charge is 0.444 e. The van der Waals surface area contributed by atoms with E-state index in [1.54, 1.807) is 4.90 Å². The summed E-state index contributed by atoms with van der Waals surface area (Å²) in [6, 6.07) is 3.69. The molecule has 1 amide bonds. The Kier molecular flexibility index (Phi) is 7.34. The zero-order valence-corrected chi connectivity index (χ0v) is 14.4. The van der Waals surface area contributed by atoms with Gasteiger partial charge in [0.05, 0.1) is 6.61 Å². The Morgan fingerprint density at radius 2 is 1.88 bits per heavy atom. The fourth-order valence-electron chi connectivity index (χ4n) is 2.27. The first-order valence-corrected chi connectivity index (χ1v) is 7.94. The topological polar surface area (TPSA) is 121 Å². The number of hydrogen-bond donors (Lipinski definition) is 3. The Morgan fingerprint density at radius 1 is 1.29 bits per heavy atom. The number of aliphatic hydroxyl groups excluding tert-OH is 1. The van der Waals surface area contributed by atoms with Crippen LogP contribution in [0.25, 0.3) is 0 Å². The van der Waals surface area contributed by atoms with E-state index < -0.39 is 5.60 Å². The highest BCUT2D eigenvalue weighted by Gasteiger charge is 2.27. The van der Waals surface area contributed by atoms with Crippen molar-refractivity contribution in [3.8, 4) is 12.1 Å². The Hall–Kier alpha value is -2.45. The molecule has 1 aliphatic heterocycles. The summed E-state index contributed by atoms with van der Waals surface area (Å²) in [6.07, 6.45) is 1.02. The summed E-state index contributed by atoms with van der Waals surface area (Å²) in [7, 11) is 0. The Morgan fingerprint density at radius 3 is 2.33 bits per heavy atom. The first-order valence-electron chi connectivity index (χ1n) is 7.94. The SMILES string of the molecule is CC(C)(C)OC(=O)N1CCC(NC(NCCO)=C(C#N)C#N)CC1. The van der Waals surface area contributed by atoms with Crippen molar-refractivity contribution in [2.45, 2.75) is 45.3 Å². The van der Waals surface area contributed by atoms with Crippen LogP contribution in [0.5, 0.6) is 0 Å². The normalized spacial score (nSPS) is 15.0. The van der Waals surface area contributed by atoms with Crippen molar-refractivity contribution in [1.82, 2.24) is 15.5 Å². The van der Waals surface area contributed by atoms with Crippen molar-refractivity contribution in [2.24, 2.45) is 0 Å². The van der Waals surface area contributed by atoms with Gasteiger partial charge in [0, 0.05) is 25.7 Å². The van der Waals surface area contributed by atoms with Crippen LogP contribution in [0.15, 0.2) is 11.4 Å². The van der Waals surface area contributed by atoms with Gasteiger partial charge < -0.3 is 25.4 Å². The van der Waals surface area contributed by atoms with E-state index in [1.807, 2.05) is 32.9 Å². The summed E-state index contributed by atoms with van der Waals surface area (Å²) >= 11 is 0. The van der Waals surface area contributed by atoms with Crippen molar-refractivity contribution in [1.29, 1.82) is 10.5 Å². The maximum atomic E-state index is 12.0. The number of likely N-dealkylation sites (tertiary alicyclic amines) is 1. The van der Waals surface area contributed by atoms with Crippen molar-refractivity contribution >= 4 is 6.09 Å². The smallest absolute Gasteiger partial charge is 0.410 e. The first kappa shape index (κ1) is 19.6. The second-order valence-electron chi connectivity index (χ2n) is 6.51. The highest BCUT2D eigenvalue weighted by molar-refractivity contribution is 5.68. The van der Waals surface area contributed by atoms with E-state index in [4.69, 9.17) is 20.4 Å². The number of piperidine rings is 1. The van der Waals surface area contributed by atoms with Gasteiger partial charge in [0.1, 0.15) is 23.6 Å². The Bertz CT molecular complexity index is 530. The lowest BCUT2D eigenvalue weighted by atomic mass is 10.1. The molecule has 1 heterocycles. The van der Waals surface area contributed by atoms with Crippen LogP contribution in [0.1, 0.15) is 33.6 Å². The average Bonchev–Trinajstić information content (AvgIpc) is 2.52. The molecule has 1 rings (SSSR count). The monoisotopic (exact) mass is 335 g/mol. The number of carbonyl (C=O) groups excluding carboxylic acids is 1. The van der Waals surface area contributed by atoms with Gasteiger partial charge in [-0.05, 0) is 33.6 Å². The van der Waals surface area contributed by atoms with Gasteiger partial charge in [-0.1, -0.05) is 0 Å². The van der Waals surface area contributed by atoms with Crippen molar-refractivity contribution < 1.29 is 14.6 Å². The molecule has 0 saturated carbocycles. The lowest BCUT2D eigenvalue weighted by molar-refractivity contribution is 0.0200. The van der Waals surface area contributed by atoms with Crippen molar-refractivity contribution in [3.05, 3.63) is 11.4 Å². The third-order valence-electron chi connectivity index (χ3n) is 3.38. The minimum atomic E-state index is -0.523. The van der Waals surface area contributed by atoms with Gasteiger partial charge in [-0.15, -0.1) is 0 Å². The molecule has 0 bridgehead atoms. The lowest BCUT2D eigenvalue weighted by Gasteiger charge is -2.34. The van der Waals surface area contributed by atoms with Crippen molar-refractivity contribution in [2.75, 3.05) is 26.2 Å². The van der Waals surface area contributed by atoms with E-state index in [0.29, 0.717) is 31.8 Å². The number of nitrogens with zero attached hydrogens (tertiary/aromatic N) is 3. The van der Waals surface area contributed by atoms with Gasteiger partial charge in [-0.2, -0.15) is 10.5 Å². The number of rotatable bonds is 5. The number of hydrogen-bond acceptors (Lipinski definition) is 7. The molecule has 0 unspecified atom stereocenters. The van der Waals surface area contributed by atoms with Gasteiger partial charge >= 0.3 is 6.09 Å². The molecule has 0 aromatic rings. The highest BCUT2D eigenvalue weighted by Crippen LogP contribution is 2.16. The number of amides is 1. The zero-order valence-electron chi connectivity index (χ0n) is 14.4. The Labute approximate surface area is 142 Å². The average molecular weight is 335 g/mol. The summed E-state index contributed by atoms with van der Waals surface area (Å²) < 4.78 is 5.35. The second-order valence-corrected chi connectivity index (χ2v) is 6.51. The van der Waals surface area contributed by atoms with Crippen LogP contribution in [0.3, 0.4) is 0 Å². The molecule has 1 fully saturated rings. The fourth-order valence-corrected chi connectivity index (χ4v) is 2.27. The summed E-state index contributed by atoms with van der Waals surface area (Å²) in [5.74, 6) is 0.324. The number of allylic oxidation sites excluding steroid dienone is 1. The van der Waals surface area contributed by atoms with Crippen LogP contribution in [0.4, 0.5) is 4.79 Å². The number of carbonyl (C=O) groups is 1. The predicted octanol–water partition coefficient (Wildman–Crippen LogP) is 0.816. The van der Waals surface area contributed by atoms with Crippen LogP contribution in [0, 0.1) is 22.7 Å². The van der Waals surface area contributed by atoms with E-state index in [9.17, 15) is 4.79 Å². The minimum Gasteiger partial charge on any atom is -0.444 e. The van der Waals surface area contributed by atoms with E-state index in [1.165, 1.54) is 0 Å². The van der Waals surface area contributed by atoms with Crippen LogP contribution < -0.4 is 10.6 Å². The number of nitriles is 2. The molecule has 8 heteroatoms. The molecule has 0 radical (unpaired) electrons. The second kappa shape index (κ2) is 8.99. The maximum Gasteiger partial charge on any atom is 0.410 e. The predicted molar refractivity (Wildman–Crippen MR) is 87.3 cm³/mol. The quantitative estimate of drug-likeness (QED) is 0.636. The van der Waals surface area contributed by atoms with Gasteiger partial charge in [-0.25, -0.2) is 4.79 Å². The van der Waals surface area contributed by atoms with Crippen LogP contribution in [0.2, 0.25) is 0 Å². The Balaban J connectivity index is 2.61. The van der Waals surface area contributed by atoms with E-state index in [2.05, 4.69) is 10.6 Å². The standard InChI is InChI=1S/C16H25N5O3/c1-16(2,3)24-15(23)21-7-4-13(5-8-21)20-14(19-6-9-22)12(10-17)11-18/h13,19-20,22H,4-9H2,1-3H3. The summed E-state index contributed by atoms with van der Waals surface area (Å²) in [4.78, 5) is 13.7. The fraction of sp³-hybridized carbons (Fsp3) is 0.688. The van der Waals surface area contributed by atoms with Gasteiger partial charge in [0.25, 0.3) is 0 Å². The third kappa shape index (κ3) is 6.35. The molecule has 0 aliphatic carbocycles. The maximum absolute atomic E-state index is 12.0. The third-order valence-corrected chi connectivity index (χ3v) is 3.38. The van der Waals surface area contributed by atoms with E-state index in [-0.39, 0.29) is 30.9 Å². The molecule has 3 N–H and O–H groups in total. The van der Waals surface area contributed by atoms with Crippen LogP contribution in [-0.4, -0.2) is 54.0 Å². The highest BCUT2D eigenvalue weighted by atomic mass is 16.6. The van der Waals surface area contributed by atoms with Gasteiger partial charge in [-0.3, -0.25) is 0 Å². The molecule has 1 saturated heterocycles. The number of aliphatic hydroxyl groups is 1. The number of nitrogens with one attached hydrogen (secondary N) is 2. The molecule has 1 aliphatic rings. The molecule has 8 nitrogen and oxygen atoms in total. The zero-order chi connectivity index (χ0) is 18.2. The van der Waals surface area contributed by atoms with Crippen molar-refractivity contribution in [3.63, 3.8) is 0 Å². The van der Waals surface area contributed by atoms with Gasteiger partial charge in [0.2, 0.25) is 0 Å². The summed E-state index contributed by atoms with van der Waals surface area (Å²) in [6.45, 7) is 6.69. The molecule has 132 valence electrons. The van der Waals surface area contributed by atoms with Crippen LogP contribution in [-0.2, 0) is 4.74 Å². The molecule has 24 heavy (non-hydrogen) atoms. The van der Waals surface area contributed by atoms with Gasteiger partial charge in [0.15, 0.2) is 5.57 Å². The molecular formula is C16H25N5O3. The van der Waals surface area contributed by atoms with Crippen LogP contribution >= 0.6 is 0 Å². The lowest BCUT2D eigenvalue weighted by Crippen LogP contribution is -2.47. The summed E-state index contributed by atoms with van der Waals surface area (Å²) in [5, 5.41) is 32.9.